The highest BCUT2D eigenvalue weighted by Crippen LogP contribution is 2.28. The summed E-state index contributed by atoms with van der Waals surface area (Å²) in [6.07, 6.45) is 4.00. The van der Waals surface area contributed by atoms with Gasteiger partial charge in [0.2, 0.25) is 6.41 Å². The van der Waals surface area contributed by atoms with Gasteiger partial charge in [0.25, 0.3) is 0 Å². The van der Waals surface area contributed by atoms with Crippen molar-refractivity contribution < 1.29 is 23.9 Å². The smallest absolute Gasteiger partial charge is 0.328 e. The molecule has 130 valence electrons. The van der Waals surface area contributed by atoms with Gasteiger partial charge in [0.1, 0.15) is 18.2 Å². The molecule has 23 heavy (non-hydrogen) atoms. The summed E-state index contributed by atoms with van der Waals surface area (Å²) >= 11 is 0. The molecule has 1 rings (SSSR count). The number of nitrogens with one attached hydrogen (secondary N) is 1. The van der Waals surface area contributed by atoms with Crippen LogP contribution in [0.3, 0.4) is 0 Å². The van der Waals surface area contributed by atoms with Crippen LogP contribution in [0.25, 0.3) is 0 Å². The molecular weight excluding hydrogens is 298 g/mol. The van der Waals surface area contributed by atoms with Gasteiger partial charge in [0, 0.05) is 6.42 Å². The van der Waals surface area contributed by atoms with Crippen molar-refractivity contribution >= 4 is 18.3 Å². The minimum absolute atomic E-state index is 0.167. The zero-order valence-corrected chi connectivity index (χ0v) is 14.1. The first kappa shape index (κ1) is 19.2. The fourth-order valence-electron chi connectivity index (χ4n) is 2.51. The average Bonchev–Trinajstić information content (AvgIpc) is 2.50. The first-order valence-corrected chi connectivity index (χ1v) is 8.10. The number of hydrogen-bond donors (Lipinski definition) is 1. The predicted octanol–water partition coefficient (Wildman–Crippen LogP) is 1.98. The number of esters is 2. The van der Waals surface area contributed by atoms with Gasteiger partial charge in [-0.1, -0.05) is 19.9 Å². The quantitative estimate of drug-likeness (QED) is 0.357. The highest BCUT2D eigenvalue weighted by molar-refractivity contribution is 5.79. The summed E-state index contributed by atoms with van der Waals surface area (Å²) in [4.78, 5) is 34.2. The van der Waals surface area contributed by atoms with Crippen LogP contribution in [-0.4, -0.2) is 36.6 Å². The van der Waals surface area contributed by atoms with Crippen molar-refractivity contribution in [2.24, 2.45) is 11.8 Å². The fraction of sp³-hybridized carbons (Fsp3) is 0.706. The SMILES string of the molecule is C=CCC[C@@H](C[C@@H]1OC(=O)[C@H]1C)OC(=O)[C@H](CC(C)C)NC=O. The molecule has 1 amide bonds. The van der Waals surface area contributed by atoms with Gasteiger partial charge in [-0.25, -0.2) is 4.79 Å². The van der Waals surface area contributed by atoms with Crippen molar-refractivity contribution in [1.29, 1.82) is 0 Å². The Hall–Kier alpha value is -1.85. The number of carbonyl (C=O) groups excluding carboxylic acids is 3. The minimum atomic E-state index is -0.653. The molecule has 0 aromatic rings. The van der Waals surface area contributed by atoms with Crippen LogP contribution in [0.15, 0.2) is 12.7 Å². The monoisotopic (exact) mass is 325 g/mol. The molecule has 6 nitrogen and oxygen atoms in total. The molecule has 6 heteroatoms. The molecule has 0 unspecified atom stereocenters. The lowest BCUT2D eigenvalue weighted by atomic mass is 9.92. The lowest BCUT2D eigenvalue weighted by Gasteiger charge is -2.35. The first-order valence-electron chi connectivity index (χ1n) is 8.10. The molecule has 0 bridgehead atoms. The van der Waals surface area contributed by atoms with E-state index < -0.39 is 12.0 Å². The van der Waals surface area contributed by atoms with Crippen molar-refractivity contribution in [2.45, 2.75) is 64.7 Å². The van der Waals surface area contributed by atoms with Gasteiger partial charge in [-0.15, -0.1) is 6.58 Å². The highest BCUT2D eigenvalue weighted by atomic mass is 16.6. The third kappa shape index (κ3) is 6.04. The Morgan fingerprint density at radius 3 is 2.65 bits per heavy atom. The zero-order valence-electron chi connectivity index (χ0n) is 14.1. The second kappa shape index (κ2) is 9.33. The third-order valence-electron chi connectivity index (χ3n) is 3.93. The van der Waals surface area contributed by atoms with E-state index in [4.69, 9.17) is 9.47 Å². The number of cyclic esters (lactones) is 1. The summed E-state index contributed by atoms with van der Waals surface area (Å²) in [6.45, 7) is 9.41. The van der Waals surface area contributed by atoms with Crippen molar-refractivity contribution in [3.63, 3.8) is 0 Å². The summed E-state index contributed by atoms with van der Waals surface area (Å²) < 4.78 is 10.6. The van der Waals surface area contributed by atoms with E-state index in [1.165, 1.54) is 0 Å². The number of hydrogen-bond acceptors (Lipinski definition) is 5. The Kier molecular flexibility index (Phi) is 7.78. The summed E-state index contributed by atoms with van der Waals surface area (Å²) in [5.74, 6) is -0.582. The maximum absolute atomic E-state index is 12.3. The zero-order chi connectivity index (χ0) is 17.4. The molecular formula is C17H27NO5. The number of ether oxygens (including phenoxy) is 2. The predicted molar refractivity (Wildman–Crippen MR) is 85.4 cm³/mol. The van der Waals surface area contributed by atoms with E-state index in [-0.39, 0.29) is 30.0 Å². The number of carbonyl (C=O) groups is 3. The largest absolute Gasteiger partial charge is 0.461 e. The average molecular weight is 325 g/mol. The van der Waals surface area contributed by atoms with Crippen molar-refractivity contribution in [1.82, 2.24) is 5.32 Å². The number of amides is 1. The molecule has 1 saturated heterocycles. The molecule has 1 fully saturated rings. The van der Waals surface area contributed by atoms with E-state index in [9.17, 15) is 14.4 Å². The molecule has 0 spiro atoms. The Balaban J connectivity index is 2.62. The molecule has 4 atom stereocenters. The summed E-state index contributed by atoms with van der Waals surface area (Å²) in [5.41, 5.74) is 0. The van der Waals surface area contributed by atoms with Gasteiger partial charge in [0.05, 0.1) is 5.92 Å². The fourth-order valence-corrected chi connectivity index (χ4v) is 2.51. The van der Waals surface area contributed by atoms with Crippen LogP contribution in [-0.2, 0) is 23.9 Å². The standard InChI is InChI=1S/C17H27NO5/c1-5-6-7-13(9-15-12(4)16(20)23-15)22-17(21)14(18-10-19)8-11(2)3/h5,10-15H,1,6-9H2,2-4H3,(H,18,19)/t12-,13-,14-,15-/m0/s1. The van der Waals surface area contributed by atoms with E-state index in [1.807, 2.05) is 13.8 Å². The van der Waals surface area contributed by atoms with Crippen LogP contribution < -0.4 is 5.32 Å². The van der Waals surface area contributed by atoms with Crippen LogP contribution in [0.2, 0.25) is 0 Å². The highest BCUT2D eigenvalue weighted by Gasteiger charge is 2.40. The van der Waals surface area contributed by atoms with Crippen molar-refractivity contribution in [3.05, 3.63) is 12.7 Å². The van der Waals surface area contributed by atoms with Gasteiger partial charge in [-0.3, -0.25) is 9.59 Å². The summed E-state index contributed by atoms with van der Waals surface area (Å²) in [6, 6.07) is -0.653. The maximum Gasteiger partial charge on any atom is 0.328 e. The summed E-state index contributed by atoms with van der Waals surface area (Å²) in [5, 5.41) is 2.51. The van der Waals surface area contributed by atoms with Crippen LogP contribution in [0.5, 0.6) is 0 Å². The van der Waals surface area contributed by atoms with Gasteiger partial charge in [-0.05, 0) is 32.1 Å². The molecule has 1 N–H and O–H groups in total. The number of allylic oxidation sites excluding steroid dienone is 1. The lowest BCUT2D eigenvalue weighted by molar-refractivity contribution is -0.187. The Labute approximate surface area is 137 Å². The van der Waals surface area contributed by atoms with Gasteiger partial charge in [-0.2, -0.15) is 0 Å². The Bertz CT molecular complexity index is 435. The van der Waals surface area contributed by atoms with Crippen molar-refractivity contribution in [2.75, 3.05) is 0 Å². The van der Waals surface area contributed by atoms with E-state index in [2.05, 4.69) is 11.9 Å². The van der Waals surface area contributed by atoms with Crippen LogP contribution >= 0.6 is 0 Å². The maximum atomic E-state index is 12.3. The second-order valence-corrected chi connectivity index (χ2v) is 6.39. The lowest BCUT2D eigenvalue weighted by Crippen LogP contribution is -2.46. The van der Waals surface area contributed by atoms with Gasteiger partial charge >= 0.3 is 11.9 Å². The van der Waals surface area contributed by atoms with E-state index in [0.717, 1.165) is 0 Å². The van der Waals surface area contributed by atoms with Crippen LogP contribution in [0, 0.1) is 11.8 Å². The molecule has 0 aromatic heterocycles. The first-order chi connectivity index (χ1) is 10.9. The third-order valence-corrected chi connectivity index (χ3v) is 3.93. The van der Waals surface area contributed by atoms with Gasteiger partial charge in [0.15, 0.2) is 0 Å². The minimum Gasteiger partial charge on any atom is -0.461 e. The van der Waals surface area contributed by atoms with E-state index in [0.29, 0.717) is 32.1 Å². The molecule has 1 aliphatic rings. The van der Waals surface area contributed by atoms with Crippen molar-refractivity contribution in [3.8, 4) is 0 Å². The van der Waals surface area contributed by atoms with Crippen LogP contribution in [0.1, 0.15) is 46.5 Å². The van der Waals surface area contributed by atoms with E-state index >= 15 is 0 Å². The van der Waals surface area contributed by atoms with Gasteiger partial charge < -0.3 is 14.8 Å². The summed E-state index contributed by atoms with van der Waals surface area (Å²) in [7, 11) is 0. The molecule has 1 aliphatic heterocycles. The Morgan fingerprint density at radius 2 is 2.17 bits per heavy atom. The molecule has 0 aliphatic carbocycles. The topological polar surface area (TPSA) is 81.7 Å². The number of rotatable bonds is 11. The normalized spacial score (nSPS) is 22.5. The van der Waals surface area contributed by atoms with E-state index in [1.54, 1.807) is 13.0 Å². The molecule has 0 radical (unpaired) electrons. The Morgan fingerprint density at radius 1 is 1.48 bits per heavy atom. The second-order valence-electron chi connectivity index (χ2n) is 6.39. The van der Waals surface area contributed by atoms with Crippen LogP contribution in [0.4, 0.5) is 0 Å². The molecule has 0 saturated carbocycles. The molecule has 0 aromatic carbocycles. The molecule has 1 heterocycles.